The molecule has 110 valence electrons. The summed E-state index contributed by atoms with van der Waals surface area (Å²) in [5.74, 6) is 0.541. The van der Waals surface area contributed by atoms with E-state index in [9.17, 15) is 8.42 Å². The summed E-state index contributed by atoms with van der Waals surface area (Å²) in [6.07, 6.45) is 1.48. The van der Waals surface area contributed by atoms with E-state index in [0.29, 0.717) is 12.3 Å². The van der Waals surface area contributed by atoms with E-state index in [1.807, 2.05) is 17.5 Å². The van der Waals surface area contributed by atoms with Crippen molar-refractivity contribution in [1.82, 2.24) is 10.0 Å². The molecule has 0 bridgehead atoms. The average Bonchev–Trinajstić information content (AvgIpc) is 2.83. The van der Waals surface area contributed by atoms with Crippen molar-refractivity contribution in [1.29, 1.82) is 0 Å². The zero-order valence-corrected chi connectivity index (χ0v) is 13.4. The first-order valence-electron chi connectivity index (χ1n) is 6.30. The quantitative estimate of drug-likeness (QED) is 0.865. The number of halogens is 1. The van der Waals surface area contributed by atoms with Gasteiger partial charge in [0.2, 0.25) is 10.0 Å². The fraction of sp³-hybridized carbons (Fsp3) is 0.667. The van der Waals surface area contributed by atoms with Gasteiger partial charge < -0.3 is 5.32 Å². The molecular weight excluding hydrogens is 304 g/mol. The van der Waals surface area contributed by atoms with Gasteiger partial charge in [-0.2, -0.15) is 0 Å². The minimum Gasteiger partial charge on any atom is -0.316 e. The van der Waals surface area contributed by atoms with Gasteiger partial charge in [-0.1, -0.05) is 13.0 Å². The summed E-state index contributed by atoms with van der Waals surface area (Å²) in [4.78, 5) is 1.12. The summed E-state index contributed by atoms with van der Waals surface area (Å²) in [5.41, 5.74) is 0. The highest BCUT2D eigenvalue weighted by atomic mass is 35.5. The zero-order valence-electron chi connectivity index (χ0n) is 11.0. The van der Waals surface area contributed by atoms with Crippen LogP contribution in [0.3, 0.4) is 0 Å². The van der Waals surface area contributed by atoms with Gasteiger partial charge in [0.05, 0.1) is 5.75 Å². The molecule has 0 saturated carbocycles. The van der Waals surface area contributed by atoms with Crippen molar-refractivity contribution in [3.63, 3.8) is 0 Å². The predicted octanol–water partition coefficient (Wildman–Crippen LogP) is 1.63. The minimum absolute atomic E-state index is 0. The summed E-state index contributed by atoms with van der Waals surface area (Å²) < 4.78 is 26.9. The summed E-state index contributed by atoms with van der Waals surface area (Å²) in [7, 11) is -3.16. The number of rotatable bonds is 5. The van der Waals surface area contributed by atoms with Crippen LogP contribution >= 0.6 is 23.7 Å². The van der Waals surface area contributed by atoms with Crippen LogP contribution < -0.4 is 10.0 Å². The molecule has 7 heteroatoms. The Morgan fingerprint density at radius 2 is 2.32 bits per heavy atom. The van der Waals surface area contributed by atoms with Crippen LogP contribution in [0.4, 0.5) is 0 Å². The minimum atomic E-state index is -3.16. The topological polar surface area (TPSA) is 58.2 Å². The second-order valence-corrected chi connectivity index (χ2v) is 7.75. The molecule has 0 aliphatic carbocycles. The molecule has 2 unspecified atom stereocenters. The molecule has 2 rings (SSSR count). The van der Waals surface area contributed by atoms with Crippen molar-refractivity contribution in [3.8, 4) is 0 Å². The van der Waals surface area contributed by atoms with Crippen molar-refractivity contribution < 1.29 is 8.42 Å². The van der Waals surface area contributed by atoms with Crippen molar-refractivity contribution in [2.75, 3.05) is 18.8 Å². The molecule has 2 atom stereocenters. The molecule has 1 aromatic heterocycles. The number of aryl methyl sites for hydroxylation is 1. The van der Waals surface area contributed by atoms with Crippen molar-refractivity contribution in [2.24, 2.45) is 5.92 Å². The lowest BCUT2D eigenvalue weighted by molar-refractivity contribution is 0.328. The predicted molar refractivity (Wildman–Crippen MR) is 82.6 cm³/mol. The second kappa shape index (κ2) is 7.59. The van der Waals surface area contributed by atoms with E-state index in [-0.39, 0.29) is 24.2 Å². The molecule has 0 radical (unpaired) electrons. The molecule has 19 heavy (non-hydrogen) atoms. The molecule has 0 spiro atoms. The van der Waals surface area contributed by atoms with Crippen molar-refractivity contribution in [2.45, 2.75) is 25.8 Å². The Morgan fingerprint density at radius 3 is 2.95 bits per heavy atom. The lowest BCUT2D eigenvalue weighted by Crippen LogP contribution is -2.48. The molecule has 1 saturated heterocycles. The summed E-state index contributed by atoms with van der Waals surface area (Å²) in [6, 6.07) is 4.02. The Labute approximate surface area is 125 Å². The normalized spacial score (nSPS) is 23.8. The molecule has 0 amide bonds. The Hall–Kier alpha value is -0.140. The Balaban J connectivity index is 0.00000180. The van der Waals surface area contributed by atoms with Crippen LogP contribution in [0.5, 0.6) is 0 Å². The first-order valence-corrected chi connectivity index (χ1v) is 8.83. The maximum atomic E-state index is 12.0. The van der Waals surface area contributed by atoms with Gasteiger partial charge in [-0.15, -0.1) is 23.7 Å². The standard InChI is InChI=1S/C12H20N2O2S2.ClH/c1-10-9-13-6-4-12(10)14-18(15,16)8-5-11-3-2-7-17-11;/h2-3,7,10,12-14H,4-6,8-9H2,1H3;1H. The third-order valence-corrected chi connectivity index (χ3v) is 5.65. The molecule has 1 aliphatic heterocycles. The number of hydrogen-bond acceptors (Lipinski definition) is 4. The summed E-state index contributed by atoms with van der Waals surface area (Å²) in [5, 5.41) is 5.25. The molecular formula is C12H21ClN2O2S2. The average molecular weight is 325 g/mol. The molecule has 4 nitrogen and oxygen atoms in total. The number of hydrogen-bond donors (Lipinski definition) is 2. The van der Waals surface area contributed by atoms with E-state index in [1.165, 1.54) is 0 Å². The van der Waals surface area contributed by atoms with Gasteiger partial charge in [-0.05, 0) is 43.3 Å². The lowest BCUT2D eigenvalue weighted by Gasteiger charge is -2.29. The van der Waals surface area contributed by atoms with E-state index < -0.39 is 10.0 Å². The van der Waals surface area contributed by atoms with Gasteiger partial charge in [-0.25, -0.2) is 13.1 Å². The van der Waals surface area contributed by atoms with E-state index in [2.05, 4.69) is 17.0 Å². The SMILES string of the molecule is CC1CNCCC1NS(=O)(=O)CCc1cccs1.Cl. The number of piperidine rings is 1. The maximum Gasteiger partial charge on any atom is 0.212 e. The number of sulfonamides is 1. The van der Waals surface area contributed by atoms with Crippen LogP contribution in [-0.2, 0) is 16.4 Å². The third-order valence-electron chi connectivity index (χ3n) is 3.31. The highest BCUT2D eigenvalue weighted by molar-refractivity contribution is 7.89. The summed E-state index contributed by atoms with van der Waals surface area (Å²) >= 11 is 1.61. The van der Waals surface area contributed by atoms with Gasteiger partial charge >= 0.3 is 0 Å². The second-order valence-electron chi connectivity index (χ2n) is 4.84. The number of thiophene rings is 1. The van der Waals surface area contributed by atoms with E-state index in [0.717, 1.165) is 24.4 Å². The Bertz CT molecular complexity index is 462. The van der Waals surface area contributed by atoms with E-state index >= 15 is 0 Å². The molecule has 1 aliphatic rings. The first kappa shape index (κ1) is 16.9. The molecule has 1 aromatic rings. The third kappa shape index (κ3) is 5.39. The monoisotopic (exact) mass is 324 g/mol. The Morgan fingerprint density at radius 1 is 1.53 bits per heavy atom. The van der Waals surface area contributed by atoms with Gasteiger partial charge in [0.25, 0.3) is 0 Å². The van der Waals surface area contributed by atoms with Gasteiger partial charge in [0.15, 0.2) is 0 Å². The van der Waals surface area contributed by atoms with Gasteiger partial charge in [0.1, 0.15) is 0 Å². The lowest BCUT2D eigenvalue weighted by atomic mass is 9.97. The molecule has 2 N–H and O–H groups in total. The van der Waals surface area contributed by atoms with Crippen LogP contribution in [0.15, 0.2) is 17.5 Å². The van der Waals surface area contributed by atoms with Crippen LogP contribution in [0.1, 0.15) is 18.2 Å². The van der Waals surface area contributed by atoms with Gasteiger partial charge in [0, 0.05) is 10.9 Å². The smallest absolute Gasteiger partial charge is 0.212 e. The van der Waals surface area contributed by atoms with Crippen LogP contribution in [0.2, 0.25) is 0 Å². The van der Waals surface area contributed by atoms with Crippen molar-refractivity contribution in [3.05, 3.63) is 22.4 Å². The fourth-order valence-electron chi connectivity index (χ4n) is 2.17. The highest BCUT2D eigenvalue weighted by Crippen LogP contribution is 2.13. The van der Waals surface area contributed by atoms with Crippen LogP contribution in [0.25, 0.3) is 0 Å². The van der Waals surface area contributed by atoms with Crippen LogP contribution in [0, 0.1) is 5.92 Å². The zero-order chi connectivity index (χ0) is 13.0. The Kier molecular flexibility index (Phi) is 6.76. The summed E-state index contributed by atoms with van der Waals surface area (Å²) in [6.45, 7) is 3.86. The molecule has 1 fully saturated rings. The maximum absolute atomic E-state index is 12.0. The first-order chi connectivity index (χ1) is 8.57. The van der Waals surface area contributed by atoms with E-state index in [1.54, 1.807) is 11.3 Å². The van der Waals surface area contributed by atoms with Crippen molar-refractivity contribution >= 4 is 33.8 Å². The van der Waals surface area contributed by atoms with E-state index in [4.69, 9.17) is 0 Å². The van der Waals surface area contributed by atoms with Gasteiger partial charge in [-0.3, -0.25) is 0 Å². The largest absolute Gasteiger partial charge is 0.316 e. The molecule has 0 aromatic carbocycles. The fourth-order valence-corrected chi connectivity index (χ4v) is 4.42. The van der Waals surface area contributed by atoms with Crippen LogP contribution in [-0.4, -0.2) is 33.3 Å². The number of nitrogens with one attached hydrogen (secondary N) is 2. The highest BCUT2D eigenvalue weighted by Gasteiger charge is 2.25. The molecule has 2 heterocycles.